The Morgan fingerprint density at radius 1 is 1.11 bits per heavy atom. The minimum Gasteiger partial charge on any atom is -0.491 e. The zero-order chi connectivity index (χ0) is 20.7. The number of halogens is 1. The lowest BCUT2D eigenvalue weighted by atomic mass is 10.1. The molecule has 28 heavy (non-hydrogen) atoms. The van der Waals surface area contributed by atoms with E-state index in [9.17, 15) is 13.2 Å². The summed E-state index contributed by atoms with van der Waals surface area (Å²) >= 11 is 3.25. The molecule has 2 N–H and O–H groups in total. The number of rotatable bonds is 9. The lowest BCUT2D eigenvalue weighted by Gasteiger charge is -2.17. The summed E-state index contributed by atoms with van der Waals surface area (Å²) in [6.07, 6.45) is 0.109. The Bertz CT molecular complexity index is 916. The third-order valence-corrected chi connectivity index (χ3v) is 5.81. The molecule has 0 radical (unpaired) electrons. The molecule has 1 unspecified atom stereocenters. The lowest BCUT2D eigenvalue weighted by Crippen LogP contribution is -2.32. The first-order valence-corrected chi connectivity index (χ1v) is 11.3. The number of carbonyl (C=O) groups is 1. The van der Waals surface area contributed by atoms with Gasteiger partial charge in [0.2, 0.25) is 15.9 Å². The second-order valence-corrected chi connectivity index (χ2v) is 9.32. The fourth-order valence-electron chi connectivity index (χ4n) is 2.54. The predicted molar refractivity (Wildman–Crippen MR) is 113 cm³/mol. The van der Waals surface area contributed by atoms with E-state index in [2.05, 4.69) is 26.0 Å². The highest BCUT2D eigenvalue weighted by Gasteiger charge is 2.15. The second kappa shape index (κ2) is 10.0. The molecule has 0 fully saturated rings. The van der Waals surface area contributed by atoms with Gasteiger partial charge >= 0.3 is 0 Å². The molecule has 0 saturated heterocycles. The van der Waals surface area contributed by atoms with Crippen molar-refractivity contribution in [2.75, 3.05) is 6.54 Å². The highest BCUT2D eigenvalue weighted by atomic mass is 79.9. The molecule has 2 aromatic carbocycles. The zero-order valence-electron chi connectivity index (χ0n) is 16.1. The third kappa shape index (κ3) is 6.92. The first-order chi connectivity index (χ1) is 13.2. The molecule has 2 aromatic rings. The Morgan fingerprint density at radius 3 is 2.50 bits per heavy atom. The molecular weight excluding hydrogens is 444 g/mol. The van der Waals surface area contributed by atoms with Gasteiger partial charge in [0, 0.05) is 17.4 Å². The molecule has 1 amide bonds. The Balaban J connectivity index is 1.87. The van der Waals surface area contributed by atoms with Crippen molar-refractivity contribution in [3.63, 3.8) is 0 Å². The van der Waals surface area contributed by atoms with Gasteiger partial charge in [-0.25, -0.2) is 13.1 Å². The average molecular weight is 469 g/mol. The number of amides is 1. The number of carbonyl (C=O) groups excluding carboxylic acids is 1. The van der Waals surface area contributed by atoms with E-state index in [4.69, 9.17) is 4.74 Å². The Morgan fingerprint density at radius 2 is 1.82 bits per heavy atom. The molecule has 1 atom stereocenters. The summed E-state index contributed by atoms with van der Waals surface area (Å²) in [7, 11) is -3.65. The highest BCUT2D eigenvalue weighted by Crippen LogP contribution is 2.20. The Kier molecular flexibility index (Phi) is 8.03. The molecule has 0 aliphatic heterocycles. The van der Waals surface area contributed by atoms with Crippen molar-refractivity contribution >= 4 is 31.9 Å². The van der Waals surface area contributed by atoms with Crippen LogP contribution in [0.3, 0.4) is 0 Å². The first kappa shape index (κ1) is 22.4. The molecule has 0 spiro atoms. The standard InChI is InChI=1S/C20H25BrN2O4S/c1-14(2)27-18-8-4-6-16(12-18)15(3)23-20(24)10-11-22-28(25,26)19-9-5-7-17(21)13-19/h4-9,12-15,22H,10-11H2,1-3H3,(H,23,24). The smallest absolute Gasteiger partial charge is 0.240 e. The van der Waals surface area contributed by atoms with Crippen LogP contribution >= 0.6 is 15.9 Å². The van der Waals surface area contributed by atoms with E-state index in [0.717, 1.165) is 11.3 Å². The minimum atomic E-state index is -3.65. The van der Waals surface area contributed by atoms with Gasteiger partial charge in [-0.1, -0.05) is 34.1 Å². The lowest BCUT2D eigenvalue weighted by molar-refractivity contribution is -0.121. The normalized spacial score (nSPS) is 12.6. The van der Waals surface area contributed by atoms with Crippen molar-refractivity contribution < 1.29 is 17.9 Å². The Labute approximate surface area is 174 Å². The quantitative estimate of drug-likeness (QED) is 0.586. The predicted octanol–water partition coefficient (Wildman–Crippen LogP) is 3.78. The van der Waals surface area contributed by atoms with Crippen LogP contribution in [-0.4, -0.2) is 27.0 Å². The van der Waals surface area contributed by atoms with Crippen LogP contribution in [0.1, 0.15) is 38.8 Å². The van der Waals surface area contributed by atoms with Gasteiger partial charge in [-0.2, -0.15) is 0 Å². The number of ether oxygens (including phenoxy) is 1. The number of benzene rings is 2. The fraction of sp³-hybridized carbons (Fsp3) is 0.350. The minimum absolute atomic E-state index is 0.0178. The third-order valence-electron chi connectivity index (χ3n) is 3.86. The maximum Gasteiger partial charge on any atom is 0.240 e. The van der Waals surface area contributed by atoms with E-state index < -0.39 is 10.0 Å². The zero-order valence-corrected chi connectivity index (χ0v) is 18.5. The van der Waals surface area contributed by atoms with Gasteiger partial charge in [0.15, 0.2) is 0 Å². The van der Waals surface area contributed by atoms with Crippen molar-refractivity contribution in [2.24, 2.45) is 0 Å². The highest BCUT2D eigenvalue weighted by molar-refractivity contribution is 9.10. The van der Waals surface area contributed by atoms with Crippen molar-refractivity contribution in [1.82, 2.24) is 10.0 Å². The molecule has 6 nitrogen and oxygen atoms in total. The molecule has 0 saturated carbocycles. The molecule has 8 heteroatoms. The number of sulfonamides is 1. The summed E-state index contributed by atoms with van der Waals surface area (Å²) in [4.78, 5) is 12.3. The molecule has 0 aromatic heterocycles. The monoisotopic (exact) mass is 468 g/mol. The largest absolute Gasteiger partial charge is 0.491 e. The number of hydrogen-bond donors (Lipinski definition) is 2. The van der Waals surface area contributed by atoms with Crippen LogP contribution in [0, 0.1) is 0 Å². The van der Waals surface area contributed by atoms with Gasteiger partial charge < -0.3 is 10.1 Å². The van der Waals surface area contributed by atoms with Crippen molar-refractivity contribution in [3.8, 4) is 5.75 Å². The van der Waals surface area contributed by atoms with Crippen molar-refractivity contribution in [2.45, 2.75) is 44.2 Å². The SMILES string of the molecule is CC(C)Oc1cccc(C(C)NC(=O)CCNS(=O)(=O)c2cccc(Br)c2)c1. The van der Waals surface area contributed by atoms with Gasteiger partial charge in [0.1, 0.15) is 5.75 Å². The summed E-state index contributed by atoms with van der Waals surface area (Å²) in [5.41, 5.74) is 0.918. The second-order valence-electron chi connectivity index (χ2n) is 6.63. The topological polar surface area (TPSA) is 84.5 Å². The number of hydrogen-bond acceptors (Lipinski definition) is 4. The van der Waals surface area contributed by atoms with E-state index in [1.165, 1.54) is 12.1 Å². The van der Waals surface area contributed by atoms with Crippen molar-refractivity contribution in [3.05, 3.63) is 58.6 Å². The molecular formula is C20H25BrN2O4S. The summed E-state index contributed by atoms with van der Waals surface area (Å²) in [5, 5.41) is 2.88. The molecule has 0 heterocycles. The van der Waals surface area contributed by atoms with Gasteiger partial charge in [0.25, 0.3) is 0 Å². The molecule has 152 valence electrons. The van der Waals surface area contributed by atoms with Crippen LogP contribution in [0.15, 0.2) is 57.9 Å². The summed E-state index contributed by atoms with van der Waals surface area (Å²) in [6, 6.07) is 13.7. The van der Waals surface area contributed by atoms with E-state index in [1.807, 2.05) is 45.0 Å². The maximum absolute atomic E-state index is 12.3. The molecule has 0 aliphatic rings. The molecule has 0 aliphatic carbocycles. The van der Waals surface area contributed by atoms with Gasteiger partial charge in [-0.3, -0.25) is 4.79 Å². The molecule has 0 bridgehead atoms. The number of nitrogens with one attached hydrogen (secondary N) is 2. The maximum atomic E-state index is 12.3. The van der Waals surface area contributed by atoms with Crippen LogP contribution < -0.4 is 14.8 Å². The van der Waals surface area contributed by atoms with Crippen LogP contribution in [0.4, 0.5) is 0 Å². The van der Waals surface area contributed by atoms with Gasteiger partial charge in [-0.05, 0) is 56.7 Å². The van der Waals surface area contributed by atoms with Crippen LogP contribution in [0.25, 0.3) is 0 Å². The van der Waals surface area contributed by atoms with E-state index in [1.54, 1.807) is 12.1 Å². The molecule has 2 rings (SSSR count). The van der Waals surface area contributed by atoms with Crippen molar-refractivity contribution in [1.29, 1.82) is 0 Å². The summed E-state index contributed by atoms with van der Waals surface area (Å²) in [6.45, 7) is 5.79. The van der Waals surface area contributed by atoms with Gasteiger partial charge in [0.05, 0.1) is 17.0 Å². The van der Waals surface area contributed by atoms with Gasteiger partial charge in [-0.15, -0.1) is 0 Å². The fourth-order valence-corrected chi connectivity index (χ4v) is 4.17. The summed E-state index contributed by atoms with van der Waals surface area (Å²) in [5.74, 6) is 0.509. The Hall–Kier alpha value is -1.90. The van der Waals surface area contributed by atoms with Crippen LogP contribution in [-0.2, 0) is 14.8 Å². The van der Waals surface area contributed by atoms with E-state index >= 15 is 0 Å². The van der Waals surface area contributed by atoms with E-state index in [0.29, 0.717) is 4.47 Å². The van der Waals surface area contributed by atoms with E-state index in [-0.39, 0.29) is 35.9 Å². The summed E-state index contributed by atoms with van der Waals surface area (Å²) < 4.78 is 33.3. The van der Waals surface area contributed by atoms with Crippen LogP contribution in [0.2, 0.25) is 0 Å². The first-order valence-electron chi connectivity index (χ1n) is 8.98. The van der Waals surface area contributed by atoms with Crippen LogP contribution in [0.5, 0.6) is 5.75 Å². The average Bonchev–Trinajstić information content (AvgIpc) is 2.61.